The van der Waals surface area contributed by atoms with Crippen LogP contribution in [0.15, 0.2) is 42.5 Å². The van der Waals surface area contributed by atoms with E-state index >= 15 is 0 Å². The first-order valence-electron chi connectivity index (χ1n) is 7.19. The minimum absolute atomic E-state index is 0.173. The van der Waals surface area contributed by atoms with Gasteiger partial charge in [0.1, 0.15) is 5.82 Å². The van der Waals surface area contributed by atoms with Gasteiger partial charge in [0.15, 0.2) is 0 Å². The molecule has 1 aromatic heterocycles. The number of aromatic nitrogens is 1. The molecule has 0 radical (unpaired) electrons. The predicted molar refractivity (Wildman–Crippen MR) is 95.5 cm³/mol. The van der Waals surface area contributed by atoms with Crippen LogP contribution in [0.5, 0.6) is 0 Å². The second kappa shape index (κ2) is 6.32. The highest BCUT2D eigenvalue weighted by atomic mass is 127. The highest BCUT2D eigenvalue weighted by molar-refractivity contribution is 14.1. The summed E-state index contributed by atoms with van der Waals surface area (Å²) in [5.74, 6) is -0.173. The Bertz CT molecular complexity index is 762. The molecule has 0 saturated heterocycles. The molecule has 0 atom stereocenters. The van der Waals surface area contributed by atoms with Gasteiger partial charge < -0.3 is 4.57 Å². The summed E-state index contributed by atoms with van der Waals surface area (Å²) < 4.78 is 16.9. The topological polar surface area (TPSA) is 8.17 Å². The Kier molecular flexibility index (Phi) is 4.45. The summed E-state index contributed by atoms with van der Waals surface area (Å²) in [6.07, 6.45) is 0. The SMILES string of the molecule is CCN(CI)CCn1c2ccccc2c2ccc(F)cc21. The van der Waals surface area contributed by atoms with E-state index in [0.29, 0.717) is 0 Å². The summed E-state index contributed by atoms with van der Waals surface area (Å²) in [6, 6.07) is 13.4. The van der Waals surface area contributed by atoms with Gasteiger partial charge in [-0.3, -0.25) is 4.90 Å². The van der Waals surface area contributed by atoms with E-state index in [4.69, 9.17) is 0 Å². The number of benzene rings is 2. The summed E-state index contributed by atoms with van der Waals surface area (Å²) in [5, 5.41) is 2.33. The number of hydrogen-bond donors (Lipinski definition) is 0. The minimum atomic E-state index is -0.173. The zero-order valence-electron chi connectivity index (χ0n) is 12.0. The predicted octanol–water partition coefficient (Wildman–Crippen LogP) is 4.65. The maximum absolute atomic E-state index is 13.7. The molecule has 21 heavy (non-hydrogen) atoms. The monoisotopic (exact) mass is 396 g/mol. The summed E-state index contributed by atoms with van der Waals surface area (Å²) in [4.78, 5) is 2.38. The maximum Gasteiger partial charge on any atom is 0.125 e. The first-order valence-corrected chi connectivity index (χ1v) is 8.72. The van der Waals surface area contributed by atoms with E-state index in [-0.39, 0.29) is 5.82 Å². The van der Waals surface area contributed by atoms with Gasteiger partial charge in [0.2, 0.25) is 0 Å². The van der Waals surface area contributed by atoms with E-state index in [0.717, 1.165) is 35.1 Å². The molecule has 0 unspecified atom stereocenters. The Balaban J connectivity index is 2.11. The third-order valence-electron chi connectivity index (χ3n) is 3.99. The number of nitrogens with zero attached hydrogens (tertiary/aromatic N) is 2. The number of rotatable bonds is 5. The summed E-state index contributed by atoms with van der Waals surface area (Å²) in [7, 11) is 0. The van der Waals surface area contributed by atoms with Crippen molar-refractivity contribution in [2.24, 2.45) is 0 Å². The molecule has 0 amide bonds. The average Bonchev–Trinajstić information content (AvgIpc) is 2.82. The molecule has 0 N–H and O–H groups in total. The third-order valence-corrected chi connectivity index (χ3v) is 4.96. The van der Waals surface area contributed by atoms with Gasteiger partial charge in [-0.15, -0.1) is 0 Å². The van der Waals surface area contributed by atoms with Crippen LogP contribution in [0.3, 0.4) is 0 Å². The van der Waals surface area contributed by atoms with Crippen LogP contribution in [0.25, 0.3) is 21.8 Å². The summed E-state index contributed by atoms with van der Waals surface area (Å²) in [5.41, 5.74) is 2.17. The first-order chi connectivity index (χ1) is 10.2. The molecule has 3 rings (SSSR count). The lowest BCUT2D eigenvalue weighted by atomic mass is 10.1. The van der Waals surface area contributed by atoms with Gasteiger partial charge in [-0.05, 0) is 30.8 Å². The van der Waals surface area contributed by atoms with Gasteiger partial charge in [0, 0.05) is 29.4 Å². The van der Waals surface area contributed by atoms with E-state index in [1.54, 1.807) is 12.1 Å². The largest absolute Gasteiger partial charge is 0.339 e. The highest BCUT2D eigenvalue weighted by Gasteiger charge is 2.11. The Morgan fingerprint density at radius 1 is 1.10 bits per heavy atom. The zero-order chi connectivity index (χ0) is 14.8. The third kappa shape index (κ3) is 2.79. The van der Waals surface area contributed by atoms with Crippen molar-refractivity contribution in [2.45, 2.75) is 13.5 Å². The van der Waals surface area contributed by atoms with Crippen LogP contribution < -0.4 is 0 Å². The molecule has 0 aliphatic carbocycles. The fourth-order valence-corrected chi connectivity index (χ4v) is 3.63. The molecule has 0 saturated carbocycles. The number of para-hydroxylation sites is 1. The van der Waals surface area contributed by atoms with Crippen LogP contribution in [-0.4, -0.2) is 27.1 Å². The average molecular weight is 396 g/mol. The van der Waals surface area contributed by atoms with Crippen molar-refractivity contribution in [3.8, 4) is 0 Å². The van der Waals surface area contributed by atoms with E-state index in [1.165, 1.54) is 10.9 Å². The van der Waals surface area contributed by atoms with Gasteiger partial charge >= 0.3 is 0 Å². The molecule has 0 aliphatic heterocycles. The van der Waals surface area contributed by atoms with Gasteiger partial charge in [-0.2, -0.15) is 0 Å². The Morgan fingerprint density at radius 3 is 2.62 bits per heavy atom. The Labute approximate surface area is 137 Å². The van der Waals surface area contributed by atoms with Crippen molar-refractivity contribution in [1.29, 1.82) is 0 Å². The van der Waals surface area contributed by atoms with Crippen molar-refractivity contribution >= 4 is 44.4 Å². The normalized spacial score (nSPS) is 11.8. The van der Waals surface area contributed by atoms with Crippen molar-refractivity contribution in [3.63, 3.8) is 0 Å². The van der Waals surface area contributed by atoms with Crippen molar-refractivity contribution < 1.29 is 4.39 Å². The van der Waals surface area contributed by atoms with Crippen LogP contribution in [0.2, 0.25) is 0 Å². The molecule has 110 valence electrons. The van der Waals surface area contributed by atoms with Crippen molar-refractivity contribution in [1.82, 2.24) is 9.47 Å². The van der Waals surface area contributed by atoms with Gasteiger partial charge in [-0.25, -0.2) is 4.39 Å². The van der Waals surface area contributed by atoms with Crippen LogP contribution >= 0.6 is 22.6 Å². The second-order valence-corrected chi connectivity index (χ2v) is 5.84. The standard InChI is InChI=1S/C17H18FIN2/c1-2-20(12-19)9-10-21-16-6-4-3-5-14(16)15-8-7-13(18)11-17(15)21/h3-8,11H,2,9-10,12H2,1H3. The lowest BCUT2D eigenvalue weighted by Gasteiger charge is -2.18. The van der Waals surface area contributed by atoms with Crippen LogP contribution in [0, 0.1) is 5.82 Å². The second-order valence-electron chi connectivity index (χ2n) is 5.16. The molecular formula is C17H18FIN2. The highest BCUT2D eigenvalue weighted by Crippen LogP contribution is 2.29. The Hall–Kier alpha value is -1.14. The van der Waals surface area contributed by atoms with E-state index in [1.807, 2.05) is 18.2 Å². The van der Waals surface area contributed by atoms with Crippen molar-refractivity contribution in [3.05, 3.63) is 48.3 Å². The molecule has 0 bridgehead atoms. The first kappa shape index (κ1) is 14.8. The molecule has 2 aromatic carbocycles. The number of halogens is 2. The van der Waals surface area contributed by atoms with Crippen LogP contribution in [0.1, 0.15) is 6.92 Å². The molecular weight excluding hydrogens is 378 g/mol. The molecule has 0 spiro atoms. The maximum atomic E-state index is 13.7. The molecule has 1 heterocycles. The van der Waals surface area contributed by atoms with Crippen LogP contribution in [-0.2, 0) is 6.54 Å². The van der Waals surface area contributed by atoms with Crippen molar-refractivity contribution in [2.75, 3.05) is 17.6 Å². The number of hydrogen-bond acceptors (Lipinski definition) is 1. The number of fused-ring (bicyclic) bond motifs is 3. The molecule has 2 nitrogen and oxygen atoms in total. The fourth-order valence-electron chi connectivity index (χ4n) is 2.81. The fraction of sp³-hybridized carbons (Fsp3) is 0.294. The van der Waals surface area contributed by atoms with Crippen LogP contribution in [0.4, 0.5) is 4.39 Å². The quantitative estimate of drug-likeness (QED) is 0.346. The molecule has 0 aliphatic rings. The zero-order valence-corrected chi connectivity index (χ0v) is 14.2. The van der Waals surface area contributed by atoms with E-state index in [2.05, 4.69) is 51.1 Å². The summed E-state index contributed by atoms with van der Waals surface area (Å²) >= 11 is 2.39. The lowest BCUT2D eigenvalue weighted by Crippen LogP contribution is -2.25. The number of likely N-dealkylation sites (N-methyl/N-ethyl adjacent to an activating group) is 1. The molecule has 4 heteroatoms. The molecule has 0 fully saturated rings. The molecule has 3 aromatic rings. The number of alkyl halides is 1. The van der Waals surface area contributed by atoms with Gasteiger partial charge in [-0.1, -0.05) is 47.7 Å². The van der Waals surface area contributed by atoms with E-state index in [9.17, 15) is 4.39 Å². The Morgan fingerprint density at radius 2 is 1.86 bits per heavy atom. The summed E-state index contributed by atoms with van der Waals surface area (Å²) in [6.45, 7) is 5.06. The lowest BCUT2D eigenvalue weighted by molar-refractivity contribution is 0.333. The van der Waals surface area contributed by atoms with E-state index < -0.39 is 0 Å². The van der Waals surface area contributed by atoms with Gasteiger partial charge in [0.25, 0.3) is 0 Å². The van der Waals surface area contributed by atoms with Gasteiger partial charge in [0.05, 0.1) is 10.1 Å². The smallest absolute Gasteiger partial charge is 0.125 e. The minimum Gasteiger partial charge on any atom is -0.339 e.